The van der Waals surface area contributed by atoms with Crippen molar-refractivity contribution >= 4 is 0 Å². The van der Waals surface area contributed by atoms with Gasteiger partial charge in [-0.2, -0.15) is 0 Å². The molecule has 1 aromatic rings. The van der Waals surface area contributed by atoms with E-state index in [0.717, 1.165) is 12.5 Å². The molecule has 16 heavy (non-hydrogen) atoms. The summed E-state index contributed by atoms with van der Waals surface area (Å²) in [4.78, 5) is 0. The molecule has 1 atom stereocenters. The summed E-state index contributed by atoms with van der Waals surface area (Å²) < 4.78 is 0. The van der Waals surface area contributed by atoms with E-state index in [9.17, 15) is 0 Å². The molecule has 1 nitrogen and oxygen atoms in total. The van der Waals surface area contributed by atoms with Crippen molar-refractivity contribution in [2.45, 2.75) is 39.0 Å². The second kappa shape index (κ2) is 5.49. The summed E-state index contributed by atoms with van der Waals surface area (Å²) in [5, 5.41) is 0. The van der Waals surface area contributed by atoms with Crippen LogP contribution in [-0.4, -0.2) is 6.54 Å². The maximum atomic E-state index is 5.95. The number of nitrogens with two attached hydrogens (primary N) is 1. The van der Waals surface area contributed by atoms with Crippen molar-refractivity contribution in [1.82, 2.24) is 0 Å². The normalized spacial score (nSPS) is 18.9. The predicted octanol–water partition coefficient (Wildman–Crippen LogP) is 3.30. The molecule has 1 heteroatoms. The van der Waals surface area contributed by atoms with Crippen LogP contribution in [0.15, 0.2) is 24.3 Å². The highest BCUT2D eigenvalue weighted by Gasteiger charge is 2.24. The second-order valence-corrected chi connectivity index (χ2v) is 5.17. The van der Waals surface area contributed by atoms with Crippen molar-refractivity contribution < 1.29 is 0 Å². The Morgan fingerprint density at radius 1 is 1.25 bits per heavy atom. The van der Waals surface area contributed by atoms with Crippen LogP contribution >= 0.6 is 0 Å². The van der Waals surface area contributed by atoms with E-state index in [1.807, 2.05) is 0 Å². The van der Waals surface area contributed by atoms with E-state index < -0.39 is 0 Å². The standard InChI is InChI=1S/C15H23N/c1-12-6-2-3-9-14(12)10-15(11-16)13-7-4-5-8-13/h2-3,6,9,13,15H,4-5,7-8,10-11,16H2,1H3. The SMILES string of the molecule is Cc1ccccc1CC(CN)C1CCCC1. The van der Waals surface area contributed by atoms with Crippen LogP contribution in [0.1, 0.15) is 36.8 Å². The molecular formula is C15H23N. The molecule has 88 valence electrons. The Hall–Kier alpha value is -0.820. The molecule has 0 amide bonds. The smallest absolute Gasteiger partial charge is 0.00430 e. The largest absolute Gasteiger partial charge is 0.330 e. The molecule has 0 radical (unpaired) electrons. The monoisotopic (exact) mass is 217 g/mol. The van der Waals surface area contributed by atoms with Crippen LogP contribution < -0.4 is 5.73 Å². The van der Waals surface area contributed by atoms with Gasteiger partial charge in [0.1, 0.15) is 0 Å². The van der Waals surface area contributed by atoms with Gasteiger partial charge in [0.05, 0.1) is 0 Å². The topological polar surface area (TPSA) is 26.0 Å². The zero-order valence-corrected chi connectivity index (χ0v) is 10.3. The van der Waals surface area contributed by atoms with Crippen molar-refractivity contribution in [2.75, 3.05) is 6.54 Å². The van der Waals surface area contributed by atoms with Gasteiger partial charge in [-0.3, -0.25) is 0 Å². The van der Waals surface area contributed by atoms with Gasteiger partial charge in [-0.1, -0.05) is 49.9 Å². The molecule has 0 aromatic heterocycles. The molecule has 0 spiro atoms. The molecule has 0 heterocycles. The lowest BCUT2D eigenvalue weighted by atomic mass is 9.85. The predicted molar refractivity (Wildman–Crippen MR) is 69.4 cm³/mol. The average molecular weight is 217 g/mol. The lowest BCUT2D eigenvalue weighted by Gasteiger charge is -2.22. The summed E-state index contributed by atoms with van der Waals surface area (Å²) >= 11 is 0. The highest BCUT2D eigenvalue weighted by Crippen LogP contribution is 2.33. The third-order valence-electron chi connectivity index (χ3n) is 4.11. The fourth-order valence-corrected chi connectivity index (χ4v) is 2.99. The van der Waals surface area contributed by atoms with Crippen molar-refractivity contribution in [3.63, 3.8) is 0 Å². The summed E-state index contributed by atoms with van der Waals surface area (Å²) in [5.74, 6) is 1.58. The first kappa shape index (κ1) is 11.7. The van der Waals surface area contributed by atoms with Gasteiger partial charge in [-0.05, 0) is 42.9 Å². The van der Waals surface area contributed by atoms with E-state index in [1.165, 1.54) is 43.2 Å². The van der Waals surface area contributed by atoms with Gasteiger partial charge in [0, 0.05) is 0 Å². The lowest BCUT2D eigenvalue weighted by Crippen LogP contribution is -2.24. The summed E-state index contributed by atoms with van der Waals surface area (Å²) in [6.45, 7) is 3.05. The van der Waals surface area contributed by atoms with Gasteiger partial charge in [0.25, 0.3) is 0 Å². The zero-order chi connectivity index (χ0) is 11.4. The first-order valence-electron chi connectivity index (χ1n) is 6.56. The maximum absolute atomic E-state index is 5.95. The van der Waals surface area contributed by atoms with Crippen molar-refractivity contribution in [1.29, 1.82) is 0 Å². The van der Waals surface area contributed by atoms with E-state index in [0.29, 0.717) is 5.92 Å². The second-order valence-electron chi connectivity index (χ2n) is 5.17. The average Bonchev–Trinajstić information content (AvgIpc) is 2.81. The summed E-state index contributed by atoms with van der Waals surface area (Å²) in [7, 11) is 0. The Morgan fingerprint density at radius 2 is 1.94 bits per heavy atom. The number of hydrogen-bond acceptors (Lipinski definition) is 1. The minimum atomic E-state index is 0.698. The molecule has 1 fully saturated rings. The van der Waals surface area contributed by atoms with Crippen molar-refractivity contribution in [3.05, 3.63) is 35.4 Å². The third-order valence-corrected chi connectivity index (χ3v) is 4.11. The number of aryl methyl sites for hydroxylation is 1. The van der Waals surface area contributed by atoms with Gasteiger partial charge < -0.3 is 5.73 Å². The van der Waals surface area contributed by atoms with E-state index in [2.05, 4.69) is 31.2 Å². The lowest BCUT2D eigenvalue weighted by molar-refractivity contribution is 0.344. The molecule has 1 aliphatic carbocycles. The van der Waals surface area contributed by atoms with Crippen LogP contribution in [-0.2, 0) is 6.42 Å². The van der Waals surface area contributed by atoms with Gasteiger partial charge in [-0.25, -0.2) is 0 Å². The van der Waals surface area contributed by atoms with Crippen LogP contribution in [0.3, 0.4) is 0 Å². The van der Waals surface area contributed by atoms with Gasteiger partial charge in [0.15, 0.2) is 0 Å². The minimum Gasteiger partial charge on any atom is -0.330 e. The molecule has 0 aliphatic heterocycles. The minimum absolute atomic E-state index is 0.698. The quantitative estimate of drug-likeness (QED) is 0.822. The van der Waals surface area contributed by atoms with Crippen LogP contribution in [0.5, 0.6) is 0 Å². The number of hydrogen-bond donors (Lipinski definition) is 1. The third kappa shape index (κ3) is 2.65. The molecule has 1 aliphatic rings. The van der Waals surface area contributed by atoms with Crippen molar-refractivity contribution in [2.24, 2.45) is 17.6 Å². The summed E-state index contributed by atoms with van der Waals surface area (Å²) in [6.07, 6.45) is 6.79. The zero-order valence-electron chi connectivity index (χ0n) is 10.3. The van der Waals surface area contributed by atoms with Crippen LogP contribution in [0, 0.1) is 18.8 Å². The van der Waals surface area contributed by atoms with Crippen LogP contribution in [0.25, 0.3) is 0 Å². The van der Waals surface area contributed by atoms with E-state index in [4.69, 9.17) is 5.73 Å². The molecule has 0 bridgehead atoms. The number of rotatable bonds is 4. The Bertz CT molecular complexity index is 326. The Morgan fingerprint density at radius 3 is 2.56 bits per heavy atom. The Labute approximate surface area is 99.0 Å². The first-order chi connectivity index (χ1) is 7.81. The fourth-order valence-electron chi connectivity index (χ4n) is 2.99. The van der Waals surface area contributed by atoms with E-state index in [-0.39, 0.29) is 0 Å². The maximum Gasteiger partial charge on any atom is -0.00430 e. The Kier molecular flexibility index (Phi) is 4.00. The van der Waals surface area contributed by atoms with E-state index >= 15 is 0 Å². The van der Waals surface area contributed by atoms with Gasteiger partial charge >= 0.3 is 0 Å². The first-order valence-corrected chi connectivity index (χ1v) is 6.56. The molecule has 1 aromatic carbocycles. The Balaban J connectivity index is 2.03. The molecular weight excluding hydrogens is 194 g/mol. The molecule has 2 rings (SSSR count). The van der Waals surface area contributed by atoms with Crippen molar-refractivity contribution in [3.8, 4) is 0 Å². The molecule has 2 N–H and O–H groups in total. The molecule has 1 unspecified atom stereocenters. The van der Waals surface area contributed by atoms with Gasteiger partial charge in [-0.15, -0.1) is 0 Å². The van der Waals surface area contributed by atoms with Crippen LogP contribution in [0.2, 0.25) is 0 Å². The highest BCUT2D eigenvalue weighted by atomic mass is 14.6. The summed E-state index contributed by atoms with van der Waals surface area (Å²) in [6, 6.07) is 8.72. The van der Waals surface area contributed by atoms with E-state index in [1.54, 1.807) is 0 Å². The fraction of sp³-hybridized carbons (Fsp3) is 0.600. The molecule has 1 saturated carbocycles. The van der Waals surface area contributed by atoms with Gasteiger partial charge in [0.2, 0.25) is 0 Å². The summed E-state index contributed by atoms with van der Waals surface area (Å²) in [5.41, 5.74) is 8.86. The number of benzene rings is 1. The molecule has 0 saturated heterocycles. The highest BCUT2D eigenvalue weighted by molar-refractivity contribution is 5.26. The van der Waals surface area contributed by atoms with Crippen LogP contribution in [0.4, 0.5) is 0 Å².